The van der Waals surface area contributed by atoms with Crippen LogP contribution in [0.15, 0.2) is 6.20 Å². The molecular formula is C11H19N5O3. The van der Waals surface area contributed by atoms with E-state index in [0.717, 1.165) is 0 Å². The first-order valence-corrected chi connectivity index (χ1v) is 5.97. The highest BCUT2D eigenvalue weighted by Gasteiger charge is 2.14. The quantitative estimate of drug-likeness (QED) is 0.678. The number of aromatic nitrogens is 3. The fourth-order valence-electron chi connectivity index (χ4n) is 1.67. The number of carboxylic acid groups (broad SMARTS) is 1. The van der Waals surface area contributed by atoms with Gasteiger partial charge in [0.15, 0.2) is 5.69 Å². The number of hydrogen-bond donors (Lipinski definition) is 2. The summed E-state index contributed by atoms with van der Waals surface area (Å²) in [5.41, 5.74) is -0.0682. The summed E-state index contributed by atoms with van der Waals surface area (Å²) in [6.45, 7) is 3.66. The van der Waals surface area contributed by atoms with Crippen molar-refractivity contribution in [2.45, 2.75) is 13.5 Å². The first-order valence-electron chi connectivity index (χ1n) is 5.97. The summed E-state index contributed by atoms with van der Waals surface area (Å²) in [5, 5.41) is 18.6. The number of nitrogens with zero attached hydrogens (tertiary/aromatic N) is 4. The van der Waals surface area contributed by atoms with Crippen LogP contribution in [0.2, 0.25) is 0 Å². The molecule has 1 amide bonds. The molecule has 0 aromatic carbocycles. The van der Waals surface area contributed by atoms with Crippen LogP contribution < -0.4 is 5.32 Å². The standard InChI is InChI=1S/C11H19N5O3/c1-8(10(17)12-2)6-15(3)4-5-16-7-9(11(18)19)13-14-16/h7-8H,4-6H2,1-3H3,(H,12,17)(H,18,19). The van der Waals surface area contributed by atoms with Gasteiger partial charge in [-0.1, -0.05) is 12.1 Å². The summed E-state index contributed by atoms with van der Waals surface area (Å²) in [6, 6.07) is 0. The largest absolute Gasteiger partial charge is 0.476 e. The minimum Gasteiger partial charge on any atom is -0.476 e. The van der Waals surface area contributed by atoms with Gasteiger partial charge in [0.05, 0.1) is 12.7 Å². The molecule has 0 radical (unpaired) electrons. The van der Waals surface area contributed by atoms with Crippen LogP contribution in [0.5, 0.6) is 0 Å². The number of likely N-dealkylation sites (N-methyl/N-ethyl adjacent to an activating group) is 1. The van der Waals surface area contributed by atoms with Crippen molar-refractivity contribution in [2.24, 2.45) is 5.92 Å². The van der Waals surface area contributed by atoms with Gasteiger partial charge in [-0.3, -0.25) is 9.48 Å². The Balaban J connectivity index is 2.39. The maximum Gasteiger partial charge on any atom is 0.358 e. The number of carbonyl (C=O) groups excluding carboxylic acids is 1. The van der Waals surface area contributed by atoms with E-state index in [2.05, 4.69) is 15.6 Å². The topological polar surface area (TPSA) is 100 Å². The molecule has 1 aromatic heterocycles. The summed E-state index contributed by atoms with van der Waals surface area (Å²) in [4.78, 5) is 24.0. The minimum atomic E-state index is -1.09. The molecule has 1 unspecified atom stereocenters. The lowest BCUT2D eigenvalue weighted by Gasteiger charge is -2.20. The first-order chi connectivity index (χ1) is 8.93. The van der Waals surface area contributed by atoms with Gasteiger partial charge in [0, 0.05) is 26.1 Å². The Hall–Kier alpha value is -1.96. The molecule has 0 aliphatic carbocycles. The molecule has 0 aliphatic heterocycles. The van der Waals surface area contributed by atoms with E-state index >= 15 is 0 Å². The van der Waals surface area contributed by atoms with Gasteiger partial charge in [-0.15, -0.1) is 5.10 Å². The van der Waals surface area contributed by atoms with Crippen molar-refractivity contribution < 1.29 is 14.7 Å². The van der Waals surface area contributed by atoms with E-state index in [1.165, 1.54) is 10.9 Å². The molecule has 1 rings (SSSR count). The van der Waals surface area contributed by atoms with Crippen molar-refractivity contribution in [3.05, 3.63) is 11.9 Å². The van der Waals surface area contributed by atoms with Crippen LogP contribution >= 0.6 is 0 Å². The van der Waals surface area contributed by atoms with Gasteiger partial charge in [0.2, 0.25) is 5.91 Å². The van der Waals surface area contributed by atoms with Gasteiger partial charge >= 0.3 is 5.97 Å². The molecule has 0 bridgehead atoms. The zero-order valence-electron chi connectivity index (χ0n) is 11.3. The van der Waals surface area contributed by atoms with Crippen LogP contribution in [0, 0.1) is 5.92 Å². The number of hydrogen-bond acceptors (Lipinski definition) is 5. The number of amides is 1. The van der Waals surface area contributed by atoms with Crippen LogP contribution in [0.25, 0.3) is 0 Å². The van der Waals surface area contributed by atoms with Gasteiger partial charge in [0.1, 0.15) is 0 Å². The average Bonchev–Trinajstić information content (AvgIpc) is 2.84. The summed E-state index contributed by atoms with van der Waals surface area (Å²) in [7, 11) is 3.51. The Bertz CT molecular complexity index is 445. The SMILES string of the molecule is CNC(=O)C(C)CN(C)CCn1cc(C(=O)O)nn1. The van der Waals surface area contributed by atoms with Crippen molar-refractivity contribution >= 4 is 11.9 Å². The van der Waals surface area contributed by atoms with Crippen LogP contribution in [0.4, 0.5) is 0 Å². The van der Waals surface area contributed by atoms with Crippen molar-refractivity contribution in [1.82, 2.24) is 25.2 Å². The zero-order chi connectivity index (χ0) is 14.4. The molecule has 0 saturated heterocycles. The summed E-state index contributed by atoms with van der Waals surface area (Å²) < 4.78 is 1.48. The molecule has 8 heteroatoms. The predicted molar refractivity (Wildman–Crippen MR) is 67.7 cm³/mol. The first kappa shape index (κ1) is 15.1. The van der Waals surface area contributed by atoms with E-state index in [-0.39, 0.29) is 17.5 Å². The average molecular weight is 269 g/mol. The second-order valence-electron chi connectivity index (χ2n) is 4.45. The lowest BCUT2D eigenvalue weighted by atomic mass is 10.1. The normalized spacial score (nSPS) is 12.4. The van der Waals surface area contributed by atoms with E-state index in [1.54, 1.807) is 7.05 Å². The van der Waals surface area contributed by atoms with Crippen molar-refractivity contribution in [1.29, 1.82) is 0 Å². The summed E-state index contributed by atoms with van der Waals surface area (Å²) in [6.07, 6.45) is 1.39. The third-order valence-electron chi connectivity index (χ3n) is 2.75. The highest BCUT2D eigenvalue weighted by molar-refractivity contribution is 5.84. The van der Waals surface area contributed by atoms with Gasteiger partial charge < -0.3 is 15.3 Å². The monoisotopic (exact) mass is 269 g/mol. The molecular weight excluding hydrogens is 250 g/mol. The number of nitrogens with one attached hydrogen (secondary N) is 1. The third kappa shape index (κ3) is 4.66. The van der Waals surface area contributed by atoms with E-state index < -0.39 is 5.97 Å². The Morgan fingerprint density at radius 3 is 2.79 bits per heavy atom. The molecule has 0 fully saturated rings. The number of carboxylic acids is 1. The second-order valence-corrected chi connectivity index (χ2v) is 4.45. The van der Waals surface area contributed by atoms with Crippen molar-refractivity contribution in [3.63, 3.8) is 0 Å². The maximum absolute atomic E-state index is 11.4. The van der Waals surface area contributed by atoms with E-state index in [4.69, 9.17) is 5.11 Å². The fourth-order valence-corrected chi connectivity index (χ4v) is 1.67. The molecule has 2 N–H and O–H groups in total. The predicted octanol–water partition coefficient (Wildman–Crippen LogP) is -0.710. The second kappa shape index (κ2) is 6.83. The molecule has 19 heavy (non-hydrogen) atoms. The van der Waals surface area contributed by atoms with E-state index in [9.17, 15) is 9.59 Å². The Morgan fingerprint density at radius 1 is 1.58 bits per heavy atom. The molecule has 1 atom stereocenters. The van der Waals surface area contributed by atoms with E-state index in [1.807, 2.05) is 18.9 Å². The van der Waals surface area contributed by atoms with Gasteiger partial charge in [0.25, 0.3) is 0 Å². The molecule has 0 aliphatic rings. The number of rotatable bonds is 7. The molecule has 8 nitrogen and oxygen atoms in total. The number of aromatic carboxylic acids is 1. The molecule has 1 aromatic rings. The maximum atomic E-state index is 11.4. The van der Waals surface area contributed by atoms with E-state index in [0.29, 0.717) is 19.6 Å². The lowest BCUT2D eigenvalue weighted by Crippen LogP contribution is -2.35. The van der Waals surface area contributed by atoms with Crippen LogP contribution in [0.1, 0.15) is 17.4 Å². The fraction of sp³-hybridized carbons (Fsp3) is 0.636. The smallest absolute Gasteiger partial charge is 0.358 e. The van der Waals surface area contributed by atoms with Gasteiger partial charge in [-0.25, -0.2) is 4.79 Å². The lowest BCUT2D eigenvalue weighted by molar-refractivity contribution is -0.124. The minimum absolute atomic E-state index is 0.000712. The van der Waals surface area contributed by atoms with Gasteiger partial charge in [-0.2, -0.15) is 0 Å². The third-order valence-corrected chi connectivity index (χ3v) is 2.75. The summed E-state index contributed by atoms with van der Waals surface area (Å²) >= 11 is 0. The molecule has 0 spiro atoms. The molecule has 0 saturated carbocycles. The van der Waals surface area contributed by atoms with Crippen LogP contribution in [0.3, 0.4) is 0 Å². The Kier molecular flexibility index (Phi) is 5.43. The highest BCUT2D eigenvalue weighted by atomic mass is 16.4. The summed E-state index contributed by atoms with van der Waals surface area (Å²) in [5.74, 6) is -1.19. The zero-order valence-corrected chi connectivity index (χ0v) is 11.3. The van der Waals surface area contributed by atoms with Crippen LogP contribution in [-0.4, -0.2) is 64.1 Å². The Labute approximate surface area is 111 Å². The van der Waals surface area contributed by atoms with Gasteiger partial charge in [-0.05, 0) is 7.05 Å². The Morgan fingerprint density at radius 2 is 2.26 bits per heavy atom. The van der Waals surface area contributed by atoms with Crippen molar-refractivity contribution in [3.8, 4) is 0 Å². The van der Waals surface area contributed by atoms with Crippen molar-refractivity contribution in [2.75, 3.05) is 27.2 Å². The van der Waals surface area contributed by atoms with Crippen LogP contribution in [-0.2, 0) is 11.3 Å². The highest BCUT2D eigenvalue weighted by Crippen LogP contribution is 1.99. The number of carbonyl (C=O) groups is 2. The molecule has 106 valence electrons. The molecule has 1 heterocycles.